The van der Waals surface area contributed by atoms with Crippen molar-refractivity contribution in [2.24, 2.45) is 5.92 Å². The third-order valence-electron chi connectivity index (χ3n) is 2.27. The predicted octanol–water partition coefficient (Wildman–Crippen LogP) is 1.94. The van der Waals surface area contributed by atoms with Crippen molar-refractivity contribution < 1.29 is 5.11 Å². The highest BCUT2D eigenvalue weighted by atomic mass is 16.3. The molecule has 0 saturated carbocycles. The second kappa shape index (κ2) is 6.33. The molecule has 0 aliphatic carbocycles. The van der Waals surface area contributed by atoms with Gasteiger partial charge in [0.1, 0.15) is 11.6 Å². The van der Waals surface area contributed by atoms with E-state index >= 15 is 0 Å². The molecule has 0 spiro atoms. The first-order chi connectivity index (χ1) is 7.61. The molecule has 1 heterocycles. The van der Waals surface area contributed by atoms with E-state index < -0.39 is 0 Å². The molecule has 4 nitrogen and oxygen atoms in total. The van der Waals surface area contributed by atoms with Crippen molar-refractivity contribution >= 4 is 11.6 Å². The number of aliphatic hydroxyl groups excluding tert-OH is 1. The molecule has 0 bridgehead atoms. The van der Waals surface area contributed by atoms with Crippen LogP contribution in [0.2, 0.25) is 0 Å². The smallest absolute Gasteiger partial charge is 0.128 e. The lowest BCUT2D eigenvalue weighted by molar-refractivity contribution is 0.161. The fourth-order valence-electron chi connectivity index (χ4n) is 1.52. The van der Waals surface area contributed by atoms with Gasteiger partial charge in [-0.25, -0.2) is 4.98 Å². The molecule has 1 unspecified atom stereocenters. The Morgan fingerprint density at radius 3 is 2.62 bits per heavy atom. The molecule has 0 amide bonds. The number of pyridine rings is 1. The van der Waals surface area contributed by atoms with E-state index in [2.05, 4.69) is 29.5 Å². The van der Waals surface area contributed by atoms with Crippen LogP contribution in [0.1, 0.15) is 20.3 Å². The van der Waals surface area contributed by atoms with Gasteiger partial charge >= 0.3 is 0 Å². The number of nitrogens with zero attached hydrogens (tertiary/aromatic N) is 1. The largest absolute Gasteiger partial charge is 0.391 e. The maximum atomic E-state index is 9.70. The van der Waals surface area contributed by atoms with Gasteiger partial charge in [-0.15, -0.1) is 0 Å². The van der Waals surface area contributed by atoms with E-state index in [-0.39, 0.29) is 6.10 Å². The van der Waals surface area contributed by atoms with Crippen LogP contribution in [-0.2, 0) is 0 Å². The lowest BCUT2D eigenvalue weighted by Gasteiger charge is -2.14. The van der Waals surface area contributed by atoms with Crippen LogP contribution in [0.4, 0.5) is 11.6 Å². The van der Waals surface area contributed by atoms with Crippen molar-refractivity contribution in [3.05, 3.63) is 18.2 Å². The molecule has 1 rings (SSSR count). The highest BCUT2D eigenvalue weighted by Gasteiger charge is 2.06. The zero-order valence-electron chi connectivity index (χ0n) is 10.2. The van der Waals surface area contributed by atoms with Crippen LogP contribution in [-0.4, -0.2) is 29.8 Å². The summed E-state index contributed by atoms with van der Waals surface area (Å²) in [7, 11) is 1.83. The van der Waals surface area contributed by atoms with Gasteiger partial charge in [0.15, 0.2) is 0 Å². The predicted molar refractivity (Wildman–Crippen MR) is 67.7 cm³/mol. The van der Waals surface area contributed by atoms with Crippen LogP contribution >= 0.6 is 0 Å². The fourth-order valence-corrected chi connectivity index (χ4v) is 1.52. The summed E-state index contributed by atoms with van der Waals surface area (Å²) < 4.78 is 0. The molecule has 16 heavy (non-hydrogen) atoms. The standard InChI is InChI=1S/C12H21N3O/c1-9(2)7-10(16)8-14-12-6-4-5-11(13-3)15-12/h4-6,9-10,16H,7-8H2,1-3H3,(H2,13,14,15). The average Bonchev–Trinajstić information content (AvgIpc) is 2.26. The fraction of sp³-hybridized carbons (Fsp3) is 0.583. The van der Waals surface area contributed by atoms with Crippen LogP contribution in [0.5, 0.6) is 0 Å². The zero-order valence-corrected chi connectivity index (χ0v) is 10.2. The Labute approximate surface area is 97.1 Å². The quantitative estimate of drug-likeness (QED) is 0.690. The zero-order chi connectivity index (χ0) is 12.0. The number of aromatic nitrogens is 1. The van der Waals surface area contributed by atoms with Gasteiger partial charge in [0.25, 0.3) is 0 Å². The summed E-state index contributed by atoms with van der Waals surface area (Å²) in [4.78, 5) is 4.31. The maximum absolute atomic E-state index is 9.70. The molecule has 0 saturated heterocycles. The number of nitrogens with one attached hydrogen (secondary N) is 2. The first-order valence-electron chi connectivity index (χ1n) is 5.68. The van der Waals surface area contributed by atoms with E-state index in [1.54, 1.807) is 0 Å². The average molecular weight is 223 g/mol. The summed E-state index contributed by atoms with van der Waals surface area (Å²) in [6.07, 6.45) is 0.485. The molecule has 0 radical (unpaired) electrons. The van der Waals surface area contributed by atoms with E-state index in [4.69, 9.17) is 0 Å². The third-order valence-corrected chi connectivity index (χ3v) is 2.27. The molecular weight excluding hydrogens is 202 g/mol. The van der Waals surface area contributed by atoms with E-state index in [1.165, 1.54) is 0 Å². The molecule has 1 aromatic rings. The molecular formula is C12H21N3O. The van der Waals surface area contributed by atoms with E-state index in [0.29, 0.717) is 12.5 Å². The van der Waals surface area contributed by atoms with Crippen LogP contribution in [0.15, 0.2) is 18.2 Å². The summed E-state index contributed by atoms with van der Waals surface area (Å²) in [5, 5.41) is 15.8. The molecule has 0 aliphatic rings. The lowest BCUT2D eigenvalue weighted by atomic mass is 10.1. The van der Waals surface area contributed by atoms with E-state index in [0.717, 1.165) is 18.1 Å². The first kappa shape index (κ1) is 12.8. The molecule has 0 aromatic carbocycles. The van der Waals surface area contributed by atoms with Gasteiger partial charge in [-0.05, 0) is 24.5 Å². The summed E-state index contributed by atoms with van der Waals surface area (Å²) in [5.41, 5.74) is 0. The molecule has 4 heteroatoms. The Morgan fingerprint density at radius 2 is 2.00 bits per heavy atom. The number of anilines is 2. The van der Waals surface area contributed by atoms with Gasteiger partial charge in [0.05, 0.1) is 6.10 Å². The van der Waals surface area contributed by atoms with Gasteiger partial charge in [-0.3, -0.25) is 0 Å². The lowest BCUT2D eigenvalue weighted by Crippen LogP contribution is -2.21. The molecule has 0 aliphatic heterocycles. The van der Waals surface area contributed by atoms with Crippen molar-refractivity contribution in [2.75, 3.05) is 24.2 Å². The van der Waals surface area contributed by atoms with Crippen LogP contribution in [0, 0.1) is 5.92 Å². The second-order valence-corrected chi connectivity index (χ2v) is 4.32. The molecule has 1 aromatic heterocycles. The first-order valence-corrected chi connectivity index (χ1v) is 5.68. The highest BCUT2D eigenvalue weighted by molar-refractivity contribution is 5.44. The normalized spacial score (nSPS) is 12.6. The Balaban J connectivity index is 2.41. The summed E-state index contributed by atoms with van der Waals surface area (Å²) >= 11 is 0. The molecule has 90 valence electrons. The Morgan fingerprint density at radius 1 is 1.31 bits per heavy atom. The summed E-state index contributed by atoms with van der Waals surface area (Å²) in [6, 6.07) is 5.72. The molecule has 0 fully saturated rings. The molecule has 1 atom stereocenters. The number of aliphatic hydroxyl groups is 1. The van der Waals surface area contributed by atoms with Gasteiger partial charge in [0.2, 0.25) is 0 Å². The topological polar surface area (TPSA) is 57.2 Å². The number of hydrogen-bond donors (Lipinski definition) is 3. The van der Waals surface area contributed by atoms with Gasteiger partial charge < -0.3 is 15.7 Å². The van der Waals surface area contributed by atoms with Crippen molar-refractivity contribution in [1.29, 1.82) is 0 Å². The van der Waals surface area contributed by atoms with Gasteiger partial charge in [-0.1, -0.05) is 19.9 Å². The summed E-state index contributed by atoms with van der Waals surface area (Å²) in [6.45, 7) is 4.74. The Kier molecular flexibility index (Phi) is 5.05. The van der Waals surface area contributed by atoms with Crippen molar-refractivity contribution in [1.82, 2.24) is 4.98 Å². The van der Waals surface area contributed by atoms with Crippen molar-refractivity contribution in [2.45, 2.75) is 26.4 Å². The van der Waals surface area contributed by atoms with Crippen LogP contribution < -0.4 is 10.6 Å². The third kappa shape index (κ3) is 4.49. The van der Waals surface area contributed by atoms with Crippen molar-refractivity contribution in [3.8, 4) is 0 Å². The minimum atomic E-state index is -0.319. The minimum absolute atomic E-state index is 0.319. The number of rotatable bonds is 6. The molecule has 3 N–H and O–H groups in total. The number of hydrogen-bond acceptors (Lipinski definition) is 4. The van der Waals surface area contributed by atoms with Crippen LogP contribution in [0.25, 0.3) is 0 Å². The Hall–Kier alpha value is -1.29. The monoisotopic (exact) mass is 223 g/mol. The SMILES string of the molecule is CNc1cccc(NCC(O)CC(C)C)n1. The highest BCUT2D eigenvalue weighted by Crippen LogP contribution is 2.09. The minimum Gasteiger partial charge on any atom is -0.391 e. The second-order valence-electron chi connectivity index (χ2n) is 4.32. The summed E-state index contributed by atoms with van der Waals surface area (Å²) in [5.74, 6) is 2.12. The van der Waals surface area contributed by atoms with Crippen LogP contribution in [0.3, 0.4) is 0 Å². The van der Waals surface area contributed by atoms with Gasteiger partial charge in [0, 0.05) is 13.6 Å². The maximum Gasteiger partial charge on any atom is 0.128 e. The van der Waals surface area contributed by atoms with Crippen molar-refractivity contribution in [3.63, 3.8) is 0 Å². The van der Waals surface area contributed by atoms with E-state index in [1.807, 2.05) is 25.2 Å². The Bertz CT molecular complexity index is 315. The van der Waals surface area contributed by atoms with Gasteiger partial charge in [-0.2, -0.15) is 0 Å². The van der Waals surface area contributed by atoms with E-state index in [9.17, 15) is 5.11 Å².